The second-order valence-corrected chi connectivity index (χ2v) is 5.44. The van der Waals surface area contributed by atoms with Gasteiger partial charge in [-0.25, -0.2) is 0 Å². The first kappa shape index (κ1) is 22.2. The maximum Gasteiger partial charge on any atom is 0.191 e. The van der Waals surface area contributed by atoms with E-state index in [1.165, 1.54) is 0 Å². The van der Waals surface area contributed by atoms with E-state index in [-0.39, 0.29) is 30.6 Å². The molecule has 1 atom stereocenters. The Morgan fingerprint density at radius 2 is 2.13 bits per heavy atom. The summed E-state index contributed by atoms with van der Waals surface area (Å²) in [6.45, 7) is 7.87. The Hall–Kier alpha value is -0.830. The van der Waals surface area contributed by atoms with Crippen LogP contribution in [0.1, 0.15) is 39.5 Å². The van der Waals surface area contributed by atoms with Gasteiger partial charge in [0, 0.05) is 45.2 Å². The number of rotatable bonds is 11. The molecule has 0 spiro atoms. The van der Waals surface area contributed by atoms with Crippen LogP contribution < -0.4 is 10.6 Å². The average Bonchev–Trinajstić information content (AvgIpc) is 3.02. The highest BCUT2D eigenvalue weighted by molar-refractivity contribution is 14.0. The van der Waals surface area contributed by atoms with Crippen molar-refractivity contribution in [3.05, 3.63) is 18.5 Å². The number of hydrogen-bond donors (Lipinski definition) is 3. The third kappa shape index (κ3) is 10.5. The zero-order valence-electron chi connectivity index (χ0n) is 14.4. The van der Waals surface area contributed by atoms with E-state index in [1.54, 1.807) is 6.20 Å². The van der Waals surface area contributed by atoms with Crippen LogP contribution in [0.2, 0.25) is 0 Å². The van der Waals surface area contributed by atoms with Gasteiger partial charge in [-0.05, 0) is 38.2 Å². The van der Waals surface area contributed by atoms with Gasteiger partial charge in [-0.15, -0.1) is 24.0 Å². The lowest BCUT2D eigenvalue weighted by atomic mass is 10.0. The van der Waals surface area contributed by atoms with E-state index in [4.69, 9.17) is 5.11 Å². The summed E-state index contributed by atoms with van der Waals surface area (Å²) in [6, 6.07) is 1.94. The molecule has 1 aromatic rings. The summed E-state index contributed by atoms with van der Waals surface area (Å²) in [5, 5.41) is 19.9. The van der Waals surface area contributed by atoms with Gasteiger partial charge in [-0.3, -0.25) is 9.67 Å². The van der Waals surface area contributed by atoms with E-state index in [0.717, 1.165) is 57.8 Å². The smallest absolute Gasteiger partial charge is 0.191 e. The molecule has 0 radical (unpaired) electrons. The quantitative estimate of drug-likeness (QED) is 0.215. The second kappa shape index (κ2) is 14.7. The molecule has 7 heteroatoms. The van der Waals surface area contributed by atoms with Gasteiger partial charge >= 0.3 is 0 Å². The molecule has 0 aliphatic rings. The highest BCUT2D eigenvalue weighted by Crippen LogP contribution is 2.10. The van der Waals surface area contributed by atoms with E-state index in [2.05, 4.69) is 34.6 Å². The molecular formula is C16H32IN5O. The molecule has 0 fully saturated rings. The summed E-state index contributed by atoms with van der Waals surface area (Å²) in [4.78, 5) is 4.65. The minimum Gasteiger partial charge on any atom is -0.396 e. The van der Waals surface area contributed by atoms with Crippen LogP contribution in [-0.4, -0.2) is 47.1 Å². The summed E-state index contributed by atoms with van der Waals surface area (Å²) in [6.07, 6.45) is 7.85. The van der Waals surface area contributed by atoms with Gasteiger partial charge in [0.15, 0.2) is 5.96 Å². The summed E-state index contributed by atoms with van der Waals surface area (Å²) >= 11 is 0. The number of aliphatic hydroxyl groups excluding tert-OH is 1. The van der Waals surface area contributed by atoms with Crippen molar-refractivity contribution in [1.82, 2.24) is 20.4 Å². The van der Waals surface area contributed by atoms with Crippen LogP contribution in [0, 0.1) is 5.92 Å². The number of halogens is 1. The molecule has 0 aromatic carbocycles. The lowest BCUT2D eigenvalue weighted by molar-refractivity contribution is 0.253. The van der Waals surface area contributed by atoms with E-state index in [0.29, 0.717) is 5.92 Å². The summed E-state index contributed by atoms with van der Waals surface area (Å²) in [5.41, 5.74) is 0. The van der Waals surface area contributed by atoms with Crippen molar-refractivity contribution in [1.29, 1.82) is 0 Å². The molecular weight excluding hydrogens is 405 g/mol. The van der Waals surface area contributed by atoms with Gasteiger partial charge in [0.05, 0.1) is 0 Å². The molecule has 1 unspecified atom stereocenters. The maximum absolute atomic E-state index is 9.11. The van der Waals surface area contributed by atoms with Crippen LogP contribution in [0.15, 0.2) is 23.5 Å². The van der Waals surface area contributed by atoms with Crippen LogP contribution in [-0.2, 0) is 6.54 Å². The molecule has 23 heavy (non-hydrogen) atoms. The molecule has 1 rings (SSSR count). The first-order valence-electron chi connectivity index (χ1n) is 8.40. The van der Waals surface area contributed by atoms with Crippen molar-refractivity contribution in [2.24, 2.45) is 10.9 Å². The van der Waals surface area contributed by atoms with Gasteiger partial charge in [-0.1, -0.05) is 13.3 Å². The molecule has 0 bridgehead atoms. The van der Waals surface area contributed by atoms with Crippen molar-refractivity contribution >= 4 is 29.9 Å². The molecule has 134 valence electrons. The fourth-order valence-electron chi connectivity index (χ4n) is 2.36. The number of hydrogen-bond acceptors (Lipinski definition) is 3. The standard InChI is InChI=1S/C16H31N5O.HI/c1-3-7-15(8-13-22)14-19-16(17-4-2)18-9-5-11-21-12-6-10-20-21;/h6,10,12,15,22H,3-5,7-9,11,13-14H2,1-2H3,(H2,17,18,19);1H. The Kier molecular flexibility index (Phi) is 14.2. The predicted octanol–water partition coefficient (Wildman–Crippen LogP) is 2.24. The second-order valence-electron chi connectivity index (χ2n) is 5.44. The Labute approximate surface area is 157 Å². The molecule has 0 saturated heterocycles. The van der Waals surface area contributed by atoms with E-state index < -0.39 is 0 Å². The normalized spacial score (nSPS) is 12.6. The molecule has 1 heterocycles. The van der Waals surface area contributed by atoms with Crippen molar-refractivity contribution in [3.8, 4) is 0 Å². The number of aryl methyl sites for hydroxylation is 1. The minimum atomic E-state index is 0. The molecule has 1 aromatic heterocycles. The van der Waals surface area contributed by atoms with Crippen LogP contribution in [0.25, 0.3) is 0 Å². The monoisotopic (exact) mass is 437 g/mol. The highest BCUT2D eigenvalue weighted by Gasteiger charge is 2.07. The zero-order valence-corrected chi connectivity index (χ0v) is 16.7. The summed E-state index contributed by atoms with van der Waals surface area (Å²) < 4.78 is 1.93. The summed E-state index contributed by atoms with van der Waals surface area (Å²) in [7, 11) is 0. The molecule has 3 N–H and O–H groups in total. The SMILES string of the molecule is CCCC(CCO)CN=C(NCC)NCCCn1cccn1.I. The molecule has 6 nitrogen and oxygen atoms in total. The van der Waals surface area contributed by atoms with Gasteiger partial charge < -0.3 is 15.7 Å². The molecule has 0 aliphatic heterocycles. The van der Waals surface area contributed by atoms with Crippen LogP contribution in [0.3, 0.4) is 0 Å². The van der Waals surface area contributed by atoms with Crippen molar-refractivity contribution < 1.29 is 5.11 Å². The van der Waals surface area contributed by atoms with Crippen molar-refractivity contribution in [3.63, 3.8) is 0 Å². The van der Waals surface area contributed by atoms with Crippen LogP contribution in [0.4, 0.5) is 0 Å². The fraction of sp³-hybridized carbons (Fsp3) is 0.750. The van der Waals surface area contributed by atoms with Gasteiger partial charge in [-0.2, -0.15) is 5.10 Å². The van der Waals surface area contributed by atoms with Crippen molar-refractivity contribution in [2.45, 2.75) is 46.1 Å². The molecule has 0 amide bonds. The number of aromatic nitrogens is 2. The molecule has 0 aliphatic carbocycles. The van der Waals surface area contributed by atoms with Gasteiger partial charge in [0.25, 0.3) is 0 Å². The third-order valence-corrected chi connectivity index (χ3v) is 3.50. The Morgan fingerprint density at radius 1 is 1.30 bits per heavy atom. The fourth-order valence-corrected chi connectivity index (χ4v) is 2.36. The maximum atomic E-state index is 9.11. The van der Waals surface area contributed by atoms with Gasteiger partial charge in [0.1, 0.15) is 0 Å². The lowest BCUT2D eigenvalue weighted by Gasteiger charge is -2.15. The highest BCUT2D eigenvalue weighted by atomic mass is 127. The topological polar surface area (TPSA) is 74.5 Å². The Morgan fingerprint density at radius 3 is 2.74 bits per heavy atom. The number of aliphatic imine (C=N–C) groups is 1. The first-order chi connectivity index (χ1) is 10.8. The third-order valence-electron chi connectivity index (χ3n) is 3.50. The number of guanidine groups is 1. The predicted molar refractivity (Wildman–Crippen MR) is 106 cm³/mol. The average molecular weight is 437 g/mol. The van der Waals surface area contributed by atoms with Gasteiger partial charge in [0.2, 0.25) is 0 Å². The Bertz CT molecular complexity index is 391. The minimum absolute atomic E-state index is 0. The van der Waals surface area contributed by atoms with E-state index in [1.807, 2.05) is 16.9 Å². The van der Waals surface area contributed by atoms with E-state index >= 15 is 0 Å². The van der Waals surface area contributed by atoms with Crippen LogP contribution in [0.5, 0.6) is 0 Å². The van der Waals surface area contributed by atoms with Crippen LogP contribution >= 0.6 is 24.0 Å². The first-order valence-corrected chi connectivity index (χ1v) is 8.40. The van der Waals surface area contributed by atoms with E-state index in [9.17, 15) is 0 Å². The van der Waals surface area contributed by atoms with Crippen molar-refractivity contribution in [2.75, 3.05) is 26.2 Å². The number of nitrogens with zero attached hydrogens (tertiary/aromatic N) is 3. The largest absolute Gasteiger partial charge is 0.396 e. The lowest BCUT2D eigenvalue weighted by Crippen LogP contribution is -2.38. The zero-order chi connectivity index (χ0) is 16.0. The molecule has 0 saturated carbocycles. The Balaban J connectivity index is 0.00000484. The summed E-state index contributed by atoms with van der Waals surface area (Å²) in [5.74, 6) is 1.33. The number of aliphatic hydroxyl groups is 1. The number of nitrogens with one attached hydrogen (secondary N) is 2.